The van der Waals surface area contributed by atoms with Gasteiger partial charge < -0.3 is 5.32 Å². The third-order valence-electron chi connectivity index (χ3n) is 2.99. The molecule has 0 atom stereocenters. The second kappa shape index (κ2) is 6.33. The Bertz CT molecular complexity index is 804. The number of benzene rings is 2. The van der Waals surface area contributed by atoms with E-state index in [1.807, 2.05) is 0 Å². The van der Waals surface area contributed by atoms with Crippen molar-refractivity contribution in [3.8, 4) is 0 Å². The highest BCUT2D eigenvalue weighted by atomic mass is 35.5. The van der Waals surface area contributed by atoms with Gasteiger partial charge in [0.05, 0.1) is 9.82 Å². The third kappa shape index (κ3) is 3.96. The molecule has 0 aliphatic rings. The lowest BCUT2D eigenvalue weighted by Gasteiger charge is -2.08. The summed E-state index contributed by atoms with van der Waals surface area (Å²) in [5.41, 5.74) is 0.870. The first-order valence-corrected chi connectivity index (χ1v) is 8.51. The van der Waals surface area contributed by atoms with Gasteiger partial charge in [0, 0.05) is 23.9 Å². The molecule has 8 heteroatoms. The van der Waals surface area contributed by atoms with Crippen molar-refractivity contribution in [1.82, 2.24) is 0 Å². The molecule has 0 unspecified atom stereocenters. The summed E-state index contributed by atoms with van der Waals surface area (Å²) in [5.74, 6) is 0. The van der Waals surface area contributed by atoms with Crippen LogP contribution in [0, 0.1) is 10.1 Å². The lowest BCUT2D eigenvalue weighted by molar-refractivity contribution is -0.384. The van der Waals surface area contributed by atoms with Crippen LogP contribution in [-0.2, 0) is 16.4 Å². The van der Waals surface area contributed by atoms with Crippen LogP contribution in [0.15, 0.2) is 47.4 Å². The number of nitrogens with zero attached hydrogens (tertiary/aromatic N) is 1. The van der Waals surface area contributed by atoms with E-state index in [2.05, 4.69) is 5.32 Å². The Hall–Kier alpha value is -2.12. The van der Waals surface area contributed by atoms with Crippen molar-refractivity contribution < 1.29 is 13.3 Å². The molecule has 0 saturated carbocycles. The van der Waals surface area contributed by atoms with E-state index < -0.39 is 14.8 Å². The molecule has 0 fully saturated rings. The number of anilines is 1. The van der Waals surface area contributed by atoms with Crippen LogP contribution in [0.3, 0.4) is 0 Å². The number of nitro benzene ring substituents is 1. The predicted molar refractivity (Wildman–Crippen MR) is 85.0 cm³/mol. The highest BCUT2D eigenvalue weighted by Gasteiger charge is 2.18. The van der Waals surface area contributed by atoms with Crippen molar-refractivity contribution in [3.63, 3.8) is 0 Å². The highest BCUT2D eigenvalue weighted by molar-refractivity contribution is 7.90. The van der Waals surface area contributed by atoms with Gasteiger partial charge in [-0.25, -0.2) is 8.42 Å². The van der Waals surface area contributed by atoms with Gasteiger partial charge in [-0.3, -0.25) is 10.1 Å². The maximum absolute atomic E-state index is 11.5. The van der Waals surface area contributed by atoms with E-state index in [0.29, 0.717) is 11.6 Å². The normalized spacial score (nSPS) is 11.2. The molecule has 116 valence electrons. The molecule has 0 amide bonds. The lowest BCUT2D eigenvalue weighted by atomic mass is 10.2. The van der Waals surface area contributed by atoms with Crippen LogP contribution in [0.4, 0.5) is 11.4 Å². The summed E-state index contributed by atoms with van der Waals surface area (Å²) in [6.45, 7) is 0.357. The van der Waals surface area contributed by atoms with Crippen LogP contribution in [0.5, 0.6) is 0 Å². The summed E-state index contributed by atoms with van der Waals surface area (Å²) < 4.78 is 22.9. The Morgan fingerprint density at radius 3 is 2.36 bits per heavy atom. The van der Waals surface area contributed by atoms with Crippen LogP contribution < -0.4 is 5.32 Å². The summed E-state index contributed by atoms with van der Waals surface area (Å²) in [4.78, 5) is 10.4. The second-order valence-corrected chi connectivity index (χ2v) is 7.14. The monoisotopic (exact) mass is 340 g/mol. The molecule has 0 aliphatic carbocycles. The molecule has 0 bridgehead atoms. The predicted octanol–water partition coefficient (Wildman–Crippen LogP) is 3.26. The van der Waals surface area contributed by atoms with Crippen LogP contribution >= 0.6 is 11.6 Å². The number of hydrogen-bond donors (Lipinski definition) is 1. The average molecular weight is 341 g/mol. The molecule has 2 aromatic carbocycles. The highest BCUT2D eigenvalue weighted by Crippen LogP contribution is 2.28. The molecular weight excluding hydrogens is 328 g/mol. The van der Waals surface area contributed by atoms with Gasteiger partial charge in [-0.15, -0.1) is 0 Å². The number of hydrogen-bond acceptors (Lipinski definition) is 5. The molecule has 0 aromatic heterocycles. The fourth-order valence-electron chi connectivity index (χ4n) is 1.84. The Morgan fingerprint density at radius 1 is 1.18 bits per heavy atom. The minimum Gasteiger partial charge on any atom is -0.375 e. The minimum absolute atomic E-state index is 0.0868. The lowest BCUT2D eigenvalue weighted by Crippen LogP contribution is -2.05. The van der Waals surface area contributed by atoms with E-state index in [9.17, 15) is 18.5 Å². The Morgan fingerprint density at radius 2 is 1.82 bits per heavy atom. The fraction of sp³-hybridized carbons (Fsp3) is 0.143. The van der Waals surface area contributed by atoms with Gasteiger partial charge in [0.25, 0.3) is 5.69 Å². The maximum atomic E-state index is 11.5. The summed E-state index contributed by atoms with van der Waals surface area (Å²) >= 11 is 5.79. The molecule has 2 aromatic rings. The van der Waals surface area contributed by atoms with Crippen LogP contribution in [-0.4, -0.2) is 19.6 Å². The molecular formula is C14H13ClN2O4S. The van der Waals surface area contributed by atoms with Gasteiger partial charge >= 0.3 is 0 Å². The molecule has 0 spiro atoms. The summed E-state index contributed by atoms with van der Waals surface area (Å²) in [5, 5.41) is 14.6. The van der Waals surface area contributed by atoms with E-state index >= 15 is 0 Å². The maximum Gasteiger partial charge on any atom is 0.293 e. The van der Waals surface area contributed by atoms with E-state index in [-0.39, 0.29) is 16.3 Å². The van der Waals surface area contributed by atoms with Crippen LogP contribution in [0.1, 0.15) is 5.56 Å². The van der Waals surface area contributed by atoms with Crippen molar-refractivity contribution in [2.75, 3.05) is 11.6 Å². The van der Waals surface area contributed by atoms with Crippen molar-refractivity contribution in [2.24, 2.45) is 0 Å². The smallest absolute Gasteiger partial charge is 0.293 e. The van der Waals surface area contributed by atoms with Gasteiger partial charge in [0.2, 0.25) is 0 Å². The van der Waals surface area contributed by atoms with Gasteiger partial charge in [0.15, 0.2) is 9.84 Å². The first-order valence-electron chi connectivity index (χ1n) is 6.24. The Kier molecular flexibility index (Phi) is 4.68. The number of halogens is 1. The number of nitro groups is 1. The molecule has 2 rings (SSSR count). The summed E-state index contributed by atoms with van der Waals surface area (Å²) in [6.07, 6.45) is 1.01. The van der Waals surface area contributed by atoms with E-state index in [1.54, 1.807) is 24.3 Å². The van der Waals surface area contributed by atoms with Crippen LogP contribution in [0.2, 0.25) is 5.02 Å². The van der Waals surface area contributed by atoms with Gasteiger partial charge in [-0.2, -0.15) is 0 Å². The summed E-state index contributed by atoms with van der Waals surface area (Å²) in [7, 11) is -3.49. The van der Waals surface area contributed by atoms with Crippen molar-refractivity contribution in [1.29, 1.82) is 0 Å². The fourth-order valence-corrected chi connectivity index (χ4v) is 2.61. The van der Waals surface area contributed by atoms with E-state index in [1.165, 1.54) is 12.1 Å². The van der Waals surface area contributed by atoms with Gasteiger partial charge in [-0.05, 0) is 29.8 Å². The van der Waals surface area contributed by atoms with E-state index in [4.69, 9.17) is 11.6 Å². The molecule has 6 nitrogen and oxygen atoms in total. The summed E-state index contributed by atoms with van der Waals surface area (Å²) in [6, 6.07) is 10.8. The topological polar surface area (TPSA) is 89.3 Å². The van der Waals surface area contributed by atoms with Crippen molar-refractivity contribution in [3.05, 3.63) is 63.2 Å². The molecule has 1 N–H and O–H groups in total. The van der Waals surface area contributed by atoms with Crippen molar-refractivity contribution >= 4 is 32.8 Å². The first kappa shape index (κ1) is 16.3. The molecule has 0 radical (unpaired) electrons. The SMILES string of the molecule is CS(=O)(=O)c1ccc(NCc2ccc(Cl)cc2)c([N+](=O)[O-])c1. The standard InChI is InChI=1S/C14H13ClN2O4S/c1-22(20,21)12-6-7-13(14(8-12)17(18)19)16-9-10-2-4-11(15)5-3-10/h2-8,16H,9H2,1H3. The third-order valence-corrected chi connectivity index (χ3v) is 4.35. The van der Waals surface area contributed by atoms with Crippen LogP contribution in [0.25, 0.3) is 0 Å². The average Bonchev–Trinajstić information content (AvgIpc) is 2.45. The van der Waals surface area contributed by atoms with Gasteiger partial charge in [-0.1, -0.05) is 23.7 Å². The number of nitrogens with one attached hydrogen (secondary N) is 1. The largest absolute Gasteiger partial charge is 0.375 e. The molecule has 0 heterocycles. The second-order valence-electron chi connectivity index (χ2n) is 4.69. The zero-order chi connectivity index (χ0) is 16.3. The minimum atomic E-state index is -3.49. The molecule has 0 aliphatic heterocycles. The zero-order valence-corrected chi connectivity index (χ0v) is 13.2. The first-order chi connectivity index (χ1) is 10.3. The molecule has 0 saturated heterocycles. The zero-order valence-electron chi connectivity index (χ0n) is 11.6. The molecule has 22 heavy (non-hydrogen) atoms. The Labute approximate surface area is 132 Å². The van der Waals surface area contributed by atoms with Gasteiger partial charge in [0.1, 0.15) is 5.69 Å². The number of sulfone groups is 1. The number of rotatable bonds is 5. The van der Waals surface area contributed by atoms with Crippen molar-refractivity contribution in [2.45, 2.75) is 11.4 Å². The quantitative estimate of drug-likeness (QED) is 0.666. The Balaban J connectivity index is 2.27. The van der Waals surface area contributed by atoms with E-state index in [0.717, 1.165) is 17.9 Å².